The van der Waals surface area contributed by atoms with E-state index in [4.69, 9.17) is 0 Å². The van der Waals surface area contributed by atoms with Gasteiger partial charge in [-0.15, -0.1) is 0 Å². The fourth-order valence-corrected chi connectivity index (χ4v) is 3.15. The molecule has 1 aliphatic carbocycles. The van der Waals surface area contributed by atoms with Gasteiger partial charge in [-0.3, -0.25) is 0 Å². The van der Waals surface area contributed by atoms with Crippen LogP contribution >= 0.6 is 0 Å². The lowest BCUT2D eigenvalue weighted by Gasteiger charge is -2.17. The van der Waals surface area contributed by atoms with Gasteiger partial charge < -0.3 is 10.2 Å². The average molecular weight is 166 g/mol. The van der Waals surface area contributed by atoms with Crippen LogP contribution < -0.4 is 5.32 Å². The van der Waals surface area contributed by atoms with Gasteiger partial charge in [0, 0.05) is 19.1 Å². The molecule has 1 N–H and O–H groups in total. The van der Waals surface area contributed by atoms with Crippen molar-refractivity contribution in [2.24, 2.45) is 17.8 Å². The van der Waals surface area contributed by atoms with E-state index in [2.05, 4.69) is 17.3 Å². The van der Waals surface area contributed by atoms with Crippen LogP contribution in [0.5, 0.6) is 0 Å². The average Bonchev–Trinajstić information content (AvgIpc) is 2.69. The molecule has 3 atom stereocenters. The van der Waals surface area contributed by atoms with E-state index in [0.29, 0.717) is 0 Å². The summed E-state index contributed by atoms with van der Waals surface area (Å²) in [5.74, 6) is 3.01. The van der Waals surface area contributed by atoms with Crippen molar-refractivity contribution in [2.45, 2.75) is 18.9 Å². The number of nitrogens with one attached hydrogen (secondary N) is 1. The first kappa shape index (κ1) is 7.34. The summed E-state index contributed by atoms with van der Waals surface area (Å²) in [6.07, 6.45) is 2.98. The summed E-state index contributed by atoms with van der Waals surface area (Å²) in [6.45, 7) is 3.97. The van der Waals surface area contributed by atoms with Gasteiger partial charge in [0.25, 0.3) is 0 Å². The maximum absolute atomic E-state index is 3.71. The number of rotatable bonds is 1. The Kier molecular flexibility index (Phi) is 1.50. The number of fused-ring (bicyclic) bond motifs is 1. The Morgan fingerprint density at radius 2 is 2.00 bits per heavy atom. The van der Waals surface area contributed by atoms with Crippen molar-refractivity contribution in [1.82, 2.24) is 10.2 Å². The van der Waals surface area contributed by atoms with Crippen LogP contribution in [0.1, 0.15) is 12.8 Å². The highest BCUT2D eigenvalue weighted by molar-refractivity contribution is 5.02. The third-order valence-corrected chi connectivity index (χ3v) is 3.88. The zero-order valence-electron chi connectivity index (χ0n) is 7.79. The second kappa shape index (κ2) is 2.46. The van der Waals surface area contributed by atoms with E-state index < -0.39 is 0 Å². The number of hydrogen-bond acceptors (Lipinski definition) is 2. The van der Waals surface area contributed by atoms with E-state index in [1.54, 1.807) is 0 Å². The summed E-state index contributed by atoms with van der Waals surface area (Å²) in [4.78, 5) is 2.51. The molecule has 2 nitrogen and oxygen atoms in total. The van der Waals surface area contributed by atoms with E-state index in [-0.39, 0.29) is 0 Å². The van der Waals surface area contributed by atoms with E-state index in [1.807, 2.05) is 0 Å². The lowest BCUT2D eigenvalue weighted by molar-refractivity contribution is 0.342. The van der Waals surface area contributed by atoms with Gasteiger partial charge in [-0.1, -0.05) is 0 Å². The third kappa shape index (κ3) is 1.01. The molecule has 0 aromatic rings. The van der Waals surface area contributed by atoms with Crippen molar-refractivity contribution in [3.63, 3.8) is 0 Å². The standard InChI is InChI=1S/C10H18N2/c1-12-5-8-4-11-10(7-2-3-7)9(8)6-12/h7-11H,2-6H2,1H3/t8-,9-,10-/m0/s1. The highest BCUT2D eigenvalue weighted by Gasteiger charge is 2.47. The van der Waals surface area contributed by atoms with Gasteiger partial charge >= 0.3 is 0 Å². The summed E-state index contributed by atoms with van der Waals surface area (Å²) in [5, 5.41) is 3.71. The van der Waals surface area contributed by atoms with E-state index >= 15 is 0 Å². The number of hydrogen-bond donors (Lipinski definition) is 1. The monoisotopic (exact) mass is 166 g/mol. The number of likely N-dealkylation sites (tertiary alicyclic amines) is 1. The topological polar surface area (TPSA) is 15.3 Å². The Labute approximate surface area is 74.3 Å². The highest BCUT2D eigenvalue weighted by Crippen LogP contribution is 2.42. The third-order valence-electron chi connectivity index (χ3n) is 3.88. The molecule has 0 spiro atoms. The van der Waals surface area contributed by atoms with Crippen molar-refractivity contribution in [2.75, 3.05) is 26.7 Å². The fraction of sp³-hybridized carbons (Fsp3) is 1.00. The van der Waals surface area contributed by atoms with Crippen LogP contribution in [0.3, 0.4) is 0 Å². The van der Waals surface area contributed by atoms with E-state index in [9.17, 15) is 0 Å². The molecule has 0 amide bonds. The maximum atomic E-state index is 3.71. The van der Waals surface area contributed by atoms with Crippen LogP contribution in [0.25, 0.3) is 0 Å². The predicted octanol–water partition coefficient (Wildman–Crippen LogP) is 0.546. The molecular weight excluding hydrogens is 148 g/mol. The highest BCUT2D eigenvalue weighted by atomic mass is 15.2. The molecule has 3 rings (SSSR count). The Morgan fingerprint density at radius 1 is 1.17 bits per heavy atom. The molecule has 2 heterocycles. The van der Waals surface area contributed by atoms with Gasteiger partial charge in [-0.25, -0.2) is 0 Å². The first-order valence-electron chi connectivity index (χ1n) is 5.26. The molecule has 0 unspecified atom stereocenters. The second-order valence-electron chi connectivity index (χ2n) is 4.92. The van der Waals surface area contributed by atoms with E-state index in [1.165, 1.54) is 32.5 Å². The van der Waals surface area contributed by atoms with Crippen LogP contribution in [0.2, 0.25) is 0 Å². The molecule has 0 bridgehead atoms. The van der Waals surface area contributed by atoms with Gasteiger partial charge in [-0.05, 0) is 44.2 Å². The van der Waals surface area contributed by atoms with Crippen LogP contribution in [0.4, 0.5) is 0 Å². The van der Waals surface area contributed by atoms with Crippen molar-refractivity contribution >= 4 is 0 Å². The fourth-order valence-electron chi connectivity index (χ4n) is 3.15. The first-order chi connectivity index (χ1) is 5.84. The smallest absolute Gasteiger partial charge is 0.0139 e. The van der Waals surface area contributed by atoms with Crippen molar-refractivity contribution < 1.29 is 0 Å². The van der Waals surface area contributed by atoms with Gasteiger partial charge in [0.05, 0.1) is 0 Å². The minimum absolute atomic E-state index is 0.889. The molecule has 1 saturated carbocycles. The molecule has 0 radical (unpaired) electrons. The predicted molar refractivity (Wildman–Crippen MR) is 49.0 cm³/mol. The van der Waals surface area contributed by atoms with Gasteiger partial charge in [0.2, 0.25) is 0 Å². The van der Waals surface area contributed by atoms with Gasteiger partial charge in [0.1, 0.15) is 0 Å². The lowest BCUT2D eigenvalue weighted by Crippen LogP contribution is -2.32. The largest absolute Gasteiger partial charge is 0.313 e. The molecule has 68 valence electrons. The minimum atomic E-state index is 0.889. The van der Waals surface area contributed by atoms with Crippen LogP contribution in [0.15, 0.2) is 0 Å². The molecule has 12 heavy (non-hydrogen) atoms. The van der Waals surface area contributed by atoms with Crippen molar-refractivity contribution in [1.29, 1.82) is 0 Å². The Bertz CT molecular complexity index is 188. The van der Waals surface area contributed by atoms with Gasteiger partial charge in [0.15, 0.2) is 0 Å². The normalized spacial score (nSPS) is 48.2. The molecule has 2 aliphatic heterocycles. The zero-order valence-corrected chi connectivity index (χ0v) is 7.79. The quantitative estimate of drug-likeness (QED) is 0.612. The Hall–Kier alpha value is -0.0800. The number of nitrogens with zero attached hydrogens (tertiary/aromatic N) is 1. The minimum Gasteiger partial charge on any atom is -0.313 e. The lowest BCUT2D eigenvalue weighted by atomic mass is 9.92. The molecule has 2 saturated heterocycles. The molecular formula is C10H18N2. The van der Waals surface area contributed by atoms with Crippen LogP contribution in [-0.2, 0) is 0 Å². The van der Waals surface area contributed by atoms with E-state index in [0.717, 1.165) is 23.8 Å². The van der Waals surface area contributed by atoms with Crippen LogP contribution in [-0.4, -0.2) is 37.6 Å². The zero-order chi connectivity index (χ0) is 8.13. The summed E-state index contributed by atoms with van der Waals surface area (Å²) in [6, 6.07) is 0.889. The van der Waals surface area contributed by atoms with Crippen molar-refractivity contribution in [3.05, 3.63) is 0 Å². The maximum Gasteiger partial charge on any atom is 0.0139 e. The van der Waals surface area contributed by atoms with Gasteiger partial charge in [-0.2, -0.15) is 0 Å². The SMILES string of the molecule is CN1C[C@@H]2CN[C@@H](C3CC3)[C@H]2C1. The molecule has 3 aliphatic rings. The molecule has 0 aromatic carbocycles. The summed E-state index contributed by atoms with van der Waals surface area (Å²) >= 11 is 0. The molecule has 2 heteroatoms. The summed E-state index contributed by atoms with van der Waals surface area (Å²) in [5.41, 5.74) is 0. The Balaban J connectivity index is 1.73. The van der Waals surface area contributed by atoms with Crippen LogP contribution in [0, 0.1) is 17.8 Å². The Morgan fingerprint density at radius 3 is 2.75 bits per heavy atom. The molecule has 3 fully saturated rings. The first-order valence-corrected chi connectivity index (χ1v) is 5.26. The van der Waals surface area contributed by atoms with Crippen molar-refractivity contribution in [3.8, 4) is 0 Å². The molecule has 0 aromatic heterocycles. The summed E-state index contributed by atoms with van der Waals surface area (Å²) in [7, 11) is 2.27. The summed E-state index contributed by atoms with van der Waals surface area (Å²) < 4.78 is 0. The second-order valence-corrected chi connectivity index (χ2v) is 4.92.